The molecule has 0 saturated carbocycles. The van der Waals surface area contributed by atoms with Crippen LogP contribution in [0.2, 0.25) is 0 Å². The Bertz CT molecular complexity index is 257. The summed E-state index contributed by atoms with van der Waals surface area (Å²) in [4.78, 5) is 20.5. The summed E-state index contributed by atoms with van der Waals surface area (Å²) in [5, 5.41) is 0. The van der Waals surface area contributed by atoms with E-state index in [1.807, 2.05) is 0 Å². The quantitative estimate of drug-likeness (QED) is 0.233. The van der Waals surface area contributed by atoms with E-state index in [1.165, 1.54) is 0 Å². The Morgan fingerprint density at radius 2 is 2.21 bits per heavy atom. The van der Waals surface area contributed by atoms with E-state index in [0.29, 0.717) is 6.42 Å². The van der Waals surface area contributed by atoms with Crippen LogP contribution in [-0.2, 0) is 13.8 Å². The molecule has 0 fully saturated rings. The Morgan fingerprint density at radius 1 is 1.64 bits per heavy atom. The van der Waals surface area contributed by atoms with Crippen molar-refractivity contribution in [3.63, 3.8) is 0 Å². The molecule has 0 aliphatic heterocycles. The summed E-state index contributed by atoms with van der Waals surface area (Å²) in [5.74, 6) is 5.11. The van der Waals surface area contributed by atoms with Gasteiger partial charge in [0.05, 0.1) is 0 Å². The maximum Gasteiger partial charge on any atom is 1.00 e. The largest absolute Gasteiger partial charge is 1.00 e. The van der Waals surface area contributed by atoms with Gasteiger partial charge in [0.15, 0.2) is 6.10 Å². The Morgan fingerprint density at radius 3 is 2.57 bits per heavy atom. The van der Waals surface area contributed by atoms with Crippen LogP contribution in [-0.4, -0.2) is 12.3 Å². The average molecular weight is 211 g/mol. The molecule has 2 unspecified atom stereocenters. The number of ether oxygens (including phenoxy) is 1. The van der Waals surface area contributed by atoms with Crippen LogP contribution in [0.4, 0.5) is 4.79 Å². The summed E-state index contributed by atoms with van der Waals surface area (Å²) in [6.07, 6.45) is -1.39. The van der Waals surface area contributed by atoms with E-state index in [4.69, 9.17) is 0 Å². The summed E-state index contributed by atoms with van der Waals surface area (Å²) < 4.78 is 18.2. The summed E-state index contributed by atoms with van der Waals surface area (Å²) in [5.41, 5.74) is 0. The van der Waals surface area contributed by atoms with Gasteiger partial charge in [0, 0.05) is 0 Å². The molecule has 2 atom stereocenters. The van der Waals surface area contributed by atoms with Gasteiger partial charge < -0.3 is 9.63 Å². The van der Waals surface area contributed by atoms with Gasteiger partial charge in [-0.3, -0.25) is 0 Å². The van der Waals surface area contributed by atoms with E-state index in [2.05, 4.69) is 21.1 Å². The van der Waals surface area contributed by atoms with Crippen LogP contribution >= 0.6 is 8.25 Å². The van der Waals surface area contributed by atoms with Gasteiger partial charge in [-0.25, -0.2) is 0 Å². The molecule has 0 aromatic rings. The van der Waals surface area contributed by atoms with Crippen molar-refractivity contribution in [1.82, 2.24) is 0 Å². The molecule has 5 nitrogen and oxygen atoms in total. The second kappa shape index (κ2) is 9.06. The second-order valence-corrected chi connectivity index (χ2v) is 2.60. The minimum Gasteiger partial charge on any atom is -0.558 e. The number of carbonyl (C=O) groups excluding carboxylic acids is 1. The molecule has 0 aliphatic carbocycles. The van der Waals surface area contributed by atoms with E-state index in [-0.39, 0.29) is 18.9 Å². The minimum absolute atomic E-state index is 0. The third-order valence-electron chi connectivity index (χ3n) is 1.06. The topological polar surface area (TPSA) is 75.7 Å². The molecule has 0 amide bonds. The molecule has 0 aromatic heterocycles. The molecule has 0 saturated heterocycles. The maximum absolute atomic E-state index is 10.6. The fourth-order valence-corrected chi connectivity index (χ4v) is 0.739. The molecular formula is C7H9LiO5P+. The van der Waals surface area contributed by atoms with Gasteiger partial charge in [-0.1, -0.05) is 12.8 Å². The molecular weight excluding hydrogens is 202 g/mol. The van der Waals surface area contributed by atoms with Gasteiger partial charge >= 0.3 is 33.3 Å². The maximum atomic E-state index is 10.6. The van der Waals surface area contributed by atoms with E-state index in [0.717, 1.165) is 0 Å². The van der Waals surface area contributed by atoms with Crippen LogP contribution < -0.4 is 23.8 Å². The number of hydrogen-bond acceptors (Lipinski definition) is 5. The average Bonchev–Trinajstić information content (AvgIpc) is 2.02. The van der Waals surface area contributed by atoms with Crippen LogP contribution in [0.25, 0.3) is 0 Å². The first kappa shape index (κ1) is 15.9. The summed E-state index contributed by atoms with van der Waals surface area (Å²) >= 11 is 0. The third kappa shape index (κ3) is 8.10. The molecule has 0 aliphatic rings. The Balaban J connectivity index is 0. The molecule has 0 aromatic carbocycles. The van der Waals surface area contributed by atoms with E-state index in [1.54, 1.807) is 13.8 Å². The van der Waals surface area contributed by atoms with Gasteiger partial charge in [0.1, 0.15) is 0 Å². The van der Waals surface area contributed by atoms with Crippen LogP contribution in [0.15, 0.2) is 0 Å². The van der Waals surface area contributed by atoms with Crippen molar-refractivity contribution < 1.29 is 42.4 Å². The van der Waals surface area contributed by atoms with E-state index >= 15 is 0 Å². The summed E-state index contributed by atoms with van der Waals surface area (Å²) in [7, 11) is -3.21. The van der Waals surface area contributed by atoms with Gasteiger partial charge in [-0.05, 0) is 17.9 Å². The molecule has 0 spiro atoms. The van der Waals surface area contributed by atoms with Gasteiger partial charge in [0.25, 0.3) is 0 Å². The van der Waals surface area contributed by atoms with Crippen LogP contribution in [0, 0.1) is 11.8 Å². The van der Waals surface area contributed by atoms with Crippen LogP contribution in [0.3, 0.4) is 0 Å². The van der Waals surface area contributed by atoms with Crippen molar-refractivity contribution in [3.8, 4) is 11.8 Å². The first-order chi connectivity index (χ1) is 6.10. The number of carbonyl (C=O) groups is 1. The van der Waals surface area contributed by atoms with Crippen molar-refractivity contribution >= 4 is 14.4 Å². The second-order valence-electron chi connectivity index (χ2n) is 1.97. The number of hydrogen-bond donors (Lipinski definition) is 0. The first-order valence-electron chi connectivity index (χ1n) is 3.55. The van der Waals surface area contributed by atoms with Gasteiger partial charge in [0.2, 0.25) is 0 Å². The predicted octanol–water partition coefficient (Wildman–Crippen LogP) is -2.04. The smallest absolute Gasteiger partial charge is 0.558 e. The molecule has 72 valence electrons. The van der Waals surface area contributed by atoms with Crippen molar-refractivity contribution in [1.29, 1.82) is 0 Å². The SMILES string of the molecule is CC#CC(CC)OC(=O)O[P+](=O)[O-].[Li+]. The molecule has 14 heavy (non-hydrogen) atoms. The standard InChI is InChI=1S/C7H9O5P.Li/c1-3-5-6(4-2)11-7(8)12-13(9)10;/h6H,4H2,1-2H3;/q;+1. The molecule has 0 bridgehead atoms. The molecule has 0 heterocycles. The molecule has 0 rings (SSSR count). The normalized spacial score (nSPS) is 11.2. The van der Waals surface area contributed by atoms with Crippen LogP contribution in [0.5, 0.6) is 0 Å². The van der Waals surface area contributed by atoms with Crippen molar-refractivity contribution in [2.24, 2.45) is 0 Å². The Kier molecular flexibility index (Phi) is 10.3. The minimum atomic E-state index is -3.21. The van der Waals surface area contributed by atoms with Gasteiger partial charge in [-0.2, -0.15) is 9.32 Å². The monoisotopic (exact) mass is 211 g/mol. The Labute approximate surface area is 95.3 Å². The predicted molar refractivity (Wildman–Crippen MR) is 42.7 cm³/mol. The van der Waals surface area contributed by atoms with E-state index < -0.39 is 20.5 Å². The van der Waals surface area contributed by atoms with Crippen molar-refractivity contribution in [2.75, 3.05) is 0 Å². The zero-order chi connectivity index (χ0) is 10.3. The fourth-order valence-electron chi connectivity index (χ4n) is 0.574. The van der Waals surface area contributed by atoms with Crippen LogP contribution in [0.1, 0.15) is 20.3 Å². The van der Waals surface area contributed by atoms with Crippen molar-refractivity contribution in [2.45, 2.75) is 26.4 Å². The summed E-state index contributed by atoms with van der Waals surface area (Å²) in [6, 6.07) is 0. The van der Waals surface area contributed by atoms with Crippen molar-refractivity contribution in [3.05, 3.63) is 0 Å². The Hall–Kier alpha value is -0.513. The molecule has 7 heteroatoms. The van der Waals surface area contributed by atoms with Gasteiger partial charge in [-0.15, -0.1) is 5.92 Å². The first-order valence-corrected chi connectivity index (χ1v) is 4.65. The summed E-state index contributed by atoms with van der Waals surface area (Å²) in [6.45, 7) is 3.34. The van der Waals surface area contributed by atoms with E-state index in [9.17, 15) is 14.3 Å². The number of rotatable bonds is 3. The molecule has 0 radical (unpaired) electrons. The zero-order valence-electron chi connectivity index (χ0n) is 8.27. The fraction of sp³-hybridized carbons (Fsp3) is 0.571. The third-order valence-corrected chi connectivity index (χ3v) is 1.36. The molecule has 0 N–H and O–H groups in total. The zero-order valence-corrected chi connectivity index (χ0v) is 9.17.